The summed E-state index contributed by atoms with van der Waals surface area (Å²) >= 11 is 7.82. The van der Waals surface area contributed by atoms with Gasteiger partial charge in [-0.15, -0.1) is 0 Å². The Bertz CT molecular complexity index is 781. The van der Waals surface area contributed by atoms with Crippen molar-refractivity contribution < 1.29 is 14.4 Å². The van der Waals surface area contributed by atoms with Crippen molar-refractivity contribution in [3.63, 3.8) is 0 Å². The highest BCUT2D eigenvalue weighted by atomic mass is 127. The third kappa shape index (κ3) is 6.35. The van der Waals surface area contributed by atoms with Gasteiger partial charge in [0.1, 0.15) is 0 Å². The third-order valence-electron chi connectivity index (χ3n) is 3.15. The van der Waals surface area contributed by atoms with E-state index in [1.807, 2.05) is 28.7 Å². The lowest BCUT2D eigenvalue weighted by molar-refractivity contribution is -0.128. The zero-order valence-corrected chi connectivity index (χ0v) is 15.9. The van der Waals surface area contributed by atoms with Gasteiger partial charge in [0.15, 0.2) is 0 Å². The monoisotopic (exact) mass is 471 g/mol. The smallest absolute Gasteiger partial charge is 0.257 e. The van der Waals surface area contributed by atoms with Gasteiger partial charge in [0.2, 0.25) is 5.91 Å². The topological polar surface area (TPSA) is 87.3 Å². The summed E-state index contributed by atoms with van der Waals surface area (Å²) < 4.78 is 0.786. The van der Waals surface area contributed by atoms with Gasteiger partial charge in [-0.3, -0.25) is 25.2 Å². The van der Waals surface area contributed by atoms with Gasteiger partial charge in [-0.25, -0.2) is 0 Å². The van der Waals surface area contributed by atoms with Crippen molar-refractivity contribution in [2.45, 2.75) is 6.42 Å². The molecule has 0 radical (unpaired) electrons. The standard InChI is InChI=1S/C17H15ClIN3O3/c18-12-7-5-11(6-8-12)9-15(23)21-22-16(24)10-20-17(25)13-3-1-2-4-14(13)19/h1-8H,9-10H2,(H,20,25)(H,21,23)(H,22,24). The zero-order chi connectivity index (χ0) is 18.2. The van der Waals surface area contributed by atoms with E-state index in [1.165, 1.54) is 0 Å². The lowest BCUT2D eigenvalue weighted by Gasteiger charge is -2.09. The fourth-order valence-corrected chi connectivity index (χ4v) is 2.67. The number of amides is 3. The van der Waals surface area contributed by atoms with E-state index in [4.69, 9.17) is 11.6 Å². The molecule has 0 atom stereocenters. The molecule has 0 unspecified atom stereocenters. The predicted octanol–water partition coefficient (Wildman–Crippen LogP) is 2.06. The van der Waals surface area contributed by atoms with Gasteiger partial charge in [0.05, 0.1) is 18.5 Å². The maximum Gasteiger partial charge on any atom is 0.257 e. The average Bonchev–Trinajstić information content (AvgIpc) is 2.60. The van der Waals surface area contributed by atoms with Crippen molar-refractivity contribution in [3.05, 3.63) is 68.3 Å². The van der Waals surface area contributed by atoms with Crippen molar-refractivity contribution in [1.29, 1.82) is 0 Å². The van der Waals surface area contributed by atoms with Crippen LogP contribution in [-0.4, -0.2) is 24.3 Å². The molecule has 0 fully saturated rings. The Hall–Kier alpha value is -2.13. The molecule has 3 N–H and O–H groups in total. The summed E-state index contributed by atoms with van der Waals surface area (Å²) in [5, 5.41) is 3.08. The minimum absolute atomic E-state index is 0.103. The molecule has 0 aliphatic heterocycles. The minimum atomic E-state index is -0.524. The maximum atomic E-state index is 12.0. The number of hydrogen-bond acceptors (Lipinski definition) is 3. The van der Waals surface area contributed by atoms with Crippen LogP contribution in [0.3, 0.4) is 0 Å². The molecular weight excluding hydrogens is 457 g/mol. The molecule has 0 aromatic heterocycles. The van der Waals surface area contributed by atoms with Crippen molar-refractivity contribution in [1.82, 2.24) is 16.2 Å². The van der Waals surface area contributed by atoms with Gasteiger partial charge in [-0.05, 0) is 52.4 Å². The molecule has 2 rings (SSSR count). The van der Waals surface area contributed by atoms with Crippen molar-refractivity contribution in [2.75, 3.05) is 6.54 Å². The fraction of sp³-hybridized carbons (Fsp3) is 0.118. The molecule has 2 aromatic rings. The van der Waals surface area contributed by atoms with Gasteiger partial charge in [-0.2, -0.15) is 0 Å². The summed E-state index contributed by atoms with van der Waals surface area (Å²) in [6.07, 6.45) is 0.103. The van der Waals surface area contributed by atoms with Crippen LogP contribution in [-0.2, 0) is 16.0 Å². The van der Waals surface area contributed by atoms with Crippen LogP contribution in [0.4, 0.5) is 0 Å². The summed E-state index contributed by atoms with van der Waals surface area (Å²) in [4.78, 5) is 35.4. The van der Waals surface area contributed by atoms with Gasteiger partial charge < -0.3 is 5.32 Å². The van der Waals surface area contributed by atoms with Gasteiger partial charge >= 0.3 is 0 Å². The average molecular weight is 472 g/mol. The Labute approximate surface area is 163 Å². The molecule has 25 heavy (non-hydrogen) atoms. The first kappa shape index (κ1) is 19.2. The van der Waals surface area contributed by atoms with Gasteiger partial charge in [0.25, 0.3) is 11.8 Å². The Balaban J connectivity index is 1.73. The van der Waals surface area contributed by atoms with Crippen LogP contribution in [0.25, 0.3) is 0 Å². The largest absolute Gasteiger partial charge is 0.343 e. The Morgan fingerprint density at radius 3 is 2.24 bits per heavy atom. The number of hydrogen-bond donors (Lipinski definition) is 3. The maximum absolute atomic E-state index is 12.0. The molecule has 0 saturated heterocycles. The van der Waals surface area contributed by atoms with Crippen LogP contribution < -0.4 is 16.2 Å². The van der Waals surface area contributed by atoms with E-state index in [0.717, 1.165) is 9.13 Å². The highest BCUT2D eigenvalue weighted by molar-refractivity contribution is 14.1. The number of benzene rings is 2. The first-order valence-electron chi connectivity index (χ1n) is 7.30. The molecule has 0 bridgehead atoms. The molecule has 0 heterocycles. The van der Waals surface area contributed by atoms with E-state index in [0.29, 0.717) is 10.6 Å². The molecule has 0 spiro atoms. The summed E-state index contributed by atoms with van der Waals surface area (Å²) in [7, 11) is 0. The highest BCUT2D eigenvalue weighted by Gasteiger charge is 2.11. The highest BCUT2D eigenvalue weighted by Crippen LogP contribution is 2.11. The fourth-order valence-electron chi connectivity index (χ4n) is 1.92. The lowest BCUT2D eigenvalue weighted by atomic mass is 10.1. The summed E-state index contributed by atoms with van der Waals surface area (Å²) in [5.41, 5.74) is 5.81. The van der Waals surface area contributed by atoms with Gasteiger partial charge in [0, 0.05) is 8.59 Å². The molecule has 8 heteroatoms. The summed E-state index contributed by atoms with van der Waals surface area (Å²) in [6.45, 7) is -0.245. The quantitative estimate of drug-likeness (QED) is 0.461. The number of hydrazine groups is 1. The zero-order valence-electron chi connectivity index (χ0n) is 13.0. The van der Waals surface area contributed by atoms with E-state index >= 15 is 0 Å². The molecule has 6 nitrogen and oxygen atoms in total. The second-order valence-electron chi connectivity index (χ2n) is 5.06. The van der Waals surface area contributed by atoms with E-state index < -0.39 is 5.91 Å². The number of halogens is 2. The number of nitrogens with one attached hydrogen (secondary N) is 3. The molecule has 0 saturated carbocycles. The Morgan fingerprint density at radius 2 is 1.56 bits per heavy atom. The summed E-state index contributed by atoms with van der Waals surface area (Å²) in [6, 6.07) is 13.9. The van der Waals surface area contributed by atoms with Gasteiger partial charge in [-0.1, -0.05) is 35.9 Å². The third-order valence-corrected chi connectivity index (χ3v) is 4.34. The molecule has 0 aliphatic rings. The minimum Gasteiger partial charge on any atom is -0.343 e. The number of carbonyl (C=O) groups excluding carboxylic acids is 3. The van der Waals surface area contributed by atoms with Crippen molar-refractivity contribution in [2.24, 2.45) is 0 Å². The molecule has 130 valence electrons. The first-order valence-corrected chi connectivity index (χ1v) is 8.76. The number of rotatable bonds is 5. The predicted molar refractivity (Wildman–Crippen MR) is 103 cm³/mol. The lowest BCUT2D eigenvalue weighted by Crippen LogP contribution is -2.46. The van der Waals surface area contributed by atoms with Crippen LogP contribution in [0.15, 0.2) is 48.5 Å². The molecule has 0 aliphatic carbocycles. The summed E-state index contributed by atoms with van der Waals surface area (Å²) in [5.74, 6) is -1.25. The Kier molecular flexibility index (Phi) is 7.20. The SMILES string of the molecule is O=C(CNC(=O)c1ccccc1I)NNC(=O)Cc1ccc(Cl)cc1. The van der Waals surface area contributed by atoms with Crippen LogP contribution in [0, 0.1) is 3.57 Å². The van der Waals surface area contributed by atoms with E-state index in [9.17, 15) is 14.4 Å². The van der Waals surface area contributed by atoms with Crippen LogP contribution in [0.2, 0.25) is 5.02 Å². The molecular formula is C17H15ClIN3O3. The molecule has 2 aromatic carbocycles. The van der Waals surface area contributed by atoms with Crippen molar-refractivity contribution >= 4 is 51.9 Å². The van der Waals surface area contributed by atoms with Crippen LogP contribution >= 0.6 is 34.2 Å². The Morgan fingerprint density at radius 1 is 0.920 bits per heavy atom. The molecule has 3 amide bonds. The number of carbonyl (C=O) groups is 3. The van der Waals surface area contributed by atoms with E-state index in [1.54, 1.807) is 42.5 Å². The van der Waals surface area contributed by atoms with Crippen molar-refractivity contribution in [3.8, 4) is 0 Å². The van der Waals surface area contributed by atoms with E-state index in [2.05, 4.69) is 16.2 Å². The second kappa shape index (κ2) is 9.38. The van der Waals surface area contributed by atoms with E-state index in [-0.39, 0.29) is 24.8 Å². The normalized spacial score (nSPS) is 10.0. The van der Waals surface area contributed by atoms with Crippen LogP contribution in [0.5, 0.6) is 0 Å². The first-order chi connectivity index (χ1) is 12.0. The second-order valence-corrected chi connectivity index (χ2v) is 6.66. The van der Waals surface area contributed by atoms with Crippen LogP contribution in [0.1, 0.15) is 15.9 Å².